The topological polar surface area (TPSA) is 88.4 Å². The number of benzene rings is 3. The van der Waals surface area contributed by atoms with Crippen LogP contribution in [0.2, 0.25) is 10.0 Å². The summed E-state index contributed by atoms with van der Waals surface area (Å²) in [5.74, 6) is 1.06. The minimum absolute atomic E-state index is 0.171. The molecule has 1 aliphatic heterocycles. The lowest BCUT2D eigenvalue weighted by atomic mass is 9.95. The highest BCUT2D eigenvalue weighted by Crippen LogP contribution is 2.41. The lowest BCUT2D eigenvalue weighted by molar-refractivity contribution is -0.139. The van der Waals surface area contributed by atoms with E-state index < -0.39 is 12.0 Å². The Morgan fingerprint density at radius 2 is 1.84 bits per heavy atom. The zero-order valence-electron chi connectivity index (χ0n) is 24.9. The Bertz CT molecular complexity index is 1990. The number of hydrogen-bond donors (Lipinski definition) is 0. The number of nitrogens with zero attached hydrogens (tertiary/aromatic N) is 2. The summed E-state index contributed by atoms with van der Waals surface area (Å²) < 4.78 is 25.4. The van der Waals surface area contributed by atoms with E-state index in [1.54, 1.807) is 44.2 Å². The fraction of sp³-hybridized carbons (Fsp3) is 0.242. The van der Waals surface area contributed by atoms with E-state index in [4.69, 9.17) is 42.1 Å². The predicted molar refractivity (Wildman–Crippen MR) is 179 cm³/mol. The van der Waals surface area contributed by atoms with Crippen LogP contribution in [-0.2, 0) is 16.1 Å². The van der Waals surface area contributed by atoms with Gasteiger partial charge in [-0.25, -0.2) is 9.79 Å². The van der Waals surface area contributed by atoms with Crippen LogP contribution >= 0.6 is 50.5 Å². The number of rotatable bonds is 10. The largest absolute Gasteiger partial charge is 0.493 e. The molecule has 0 saturated heterocycles. The number of allylic oxidation sites excluding steroid dienone is 1. The first-order valence-corrected chi connectivity index (χ1v) is 16.4. The molecule has 12 heteroatoms. The van der Waals surface area contributed by atoms with Crippen LogP contribution in [0.4, 0.5) is 0 Å². The highest BCUT2D eigenvalue weighted by atomic mass is 79.9. The maximum Gasteiger partial charge on any atom is 0.338 e. The highest BCUT2D eigenvalue weighted by Gasteiger charge is 2.35. The van der Waals surface area contributed by atoms with Crippen LogP contribution in [-0.4, -0.2) is 30.9 Å². The lowest BCUT2D eigenvalue weighted by Gasteiger charge is -2.26. The Morgan fingerprint density at radius 3 is 2.56 bits per heavy atom. The molecule has 3 aromatic carbocycles. The van der Waals surface area contributed by atoms with Gasteiger partial charge < -0.3 is 18.9 Å². The maximum atomic E-state index is 14.1. The third-order valence-electron chi connectivity index (χ3n) is 6.94. The minimum atomic E-state index is -0.831. The molecule has 0 saturated carbocycles. The number of aromatic nitrogens is 1. The predicted octanol–water partition coefficient (Wildman–Crippen LogP) is 6.85. The van der Waals surface area contributed by atoms with Crippen LogP contribution in [0.25, 0.3) is 6.08 Å². The van der Waals surface area contributed by atoms with Crippen molar-refractivity contribution in [2.24, 2.45) is 4.99 Å². The molecule has 0 unspecified atom stereocenters. The Hall–Kier alpha value is -3.57. The molecule has 0 bridgehead atoms. The number of methoxy groups -OCH3 is 1. The van der Waals surface area contributed by atoms with Gasteiger partial charge in [0, 0.05) is 4.47 Å². The van der Waals surface area contributed by atoms with Crippen LogP contribution in [0.15, 0.2) is 80.1 Å². The molecule has 8 nitrogen and oxygen atoms in total. The Balaban J connectivity index is 1.58. The smallest absolute Gasteiger partial charge is 0.338 e. The second kappa shape index (κ2) is 14.2. The third kappa shape index (κ3) is 6.99. The van der Waals surface area contributed by atoms with Crippen molar-refractivity contribution in [1.29, 1.82) is 0 Å². The molecule has 1 atom stereocenters. The summed E-state index contributed by atoms with van der Waals surface area (Å²) in [7, 11) is 1.54. The highest BCUT2D eigenvalue weighted by molar-refractivity contribution is 9.10. The molecule has 4 aromatic rings. The zero-order chi connectivity index (χ0) is 32.2. The van der Waals surface area contributed by atoms with Crippen LogP contribution < -0.4 is 29.1 Å². The quantitative estimate of drug-likeness (QED) is 0.166. The van der Waals surface area contributed by atoms with Gasteiger partial charge in [-0.05, 0) is 79.9 Å². The molecule has 0 fully saturated rings. The molecule has 0 spiro atoms. The van der Waals surface area contributed by atoms with Gasteiger partial charge >= 0.3 is 5.97 Å². The van der Waals surface area contributed by atoms with Crippen molar-refractivity contribution in [2.75, 3.05) is 20.3 Å². The van der Waals surface area contributed by atoms with Gasteiger partial charge in [0.15, 0.2) is 16.3 Å². The number of hydrogen-bond acceptors (Lipinski definition) is 8. The van der Waals surface area contributed by atoms with Crippen LogP contribution in [0.5, 0.6) is 17.2 Å². The molecule has 1 aliphatic rings. The summed E-state index contributed by atoms with van der Waals surface area (Å²) in [6.07, 6.45) is 1.78. The van der Waals surface area contributed by atoms with Gasteiger partial charge in [0.2, 0.25) is 0 Å². The van der Waals surface area contributed by atoms with Crippen molar-refractivity contribution in [1.82, 2.24) is 4.57 Å². The average Bonchev–Trinajstić information content (AvgIpc) is 3.31. The number of halogens is 3. The summed E-state index contributed by atoms with van der Waals surface area (Å²) in [6, 6.07) is 15.4. The van der Waals surface area contributed by atoms with E-state index in [1.165, 1.54) is 23.0 Å². The second-order valence-electron chi connectivity index (χ2n) is 9.87. The minimum Gasteiger partial charge on any atom is -0.493 e. The SMILES string of the molecule is CCOC(=O)C1=C(C)N=c2s/c(=C/c3cccc(OCc4ccc(Cl)c(Cl)c4)c3)c(=O)n2[C@@H]1c1cc(OC)c(OCC)cc1Br. The molecule has 0 amide bonds. The molecule has 1 aromatic heterocycles. The van der Waals surface area contributed by atoms with E-state index in [0.717, 1.165) is 11.1 Å². The molecule has 0 N–H and O–H groups in total. The van der Waals surface area contributed by atoms with Gasteiger partial charge in [-0.1, -0.05) is 68.7 Å². The number of ether oxygens (including phenoxy) is 4. The molecular formula is C33H29BrCl2N2O6S. The molecule has 0 radical (unpaired) electrons. The fourth-order valence-electron chi connectivity index (χ4n) is 4.92. The van der Waals surface area contributed by atoms with Crippen LogP contribution in [0, 0.1) is 0 Å². The van der Waals surface area contributed by atoms with Crippen molar-refractivity contribution >= 4 is 62.5 Å². The van der Waals surface area contributed by atoms with Gasteiger partial charge in [-0.3, -0.25) is 9.36 Å². The first-order valence-electron chi connectivity index (χ1n) is 14.0. The summed E-state index contributed by atoms with van der Waals surface area (Å²) in [5, 5.41) is 0.932. The fourth-order valence-corrected chi connectivity index (χ4v) is 6.82. The lowest BCUT2D eigenvalue weighted by Crippen LogP contribution is -2.40. The molecule has 45 heavy (non-hydrogen) atoms. The third-order valence-corrected chi connectivity index (χ3v) is 9.35. The van der Waals surface area contributed by atoms with E-state index in [0.29, 0.717) is 65.6 Å². The summed E-state index contributed by atoms with van der Waals surface area (Å²) in [5.41, 5.74) is 2.67. The van der Waals surface area contributed by atoms with E-state index in [2.05, 4.69) is 20.9 Å². The standard InChI is InChI=1S/C33H29BrCl2N2O6S/c1-5-42-27-16-23(34)22(15-26(27)41-4)30-29(32(40)43-6-2)18(3)37-33-38(30)31(39)28(45-33)14-19-8-7-9-21(12-19)44-17-20-10-11-24(35)25(36)13-20/h7-16,30H,5-6,17H2,1-4H3/b28-14+/t30-/m1/s1. The molecular weight excluding hydrogens is 703 g/mol. The van der Waals surface area contributed by atoms with E-state index in [9.17, 15) is 9.59 Å². The monoisotopic (exact) mass is 730 g/mol. The van der Waals surface area contributed by atoms with Gasteiger partial charge in [0.25, 0.3) is 5.56 Å². The van der Waals surface area contributed by atoms with Crippen molar-refractivity contribution in [3.05, 3.63) is 117 Å². The van der Waals surface area contributed by atoms with Crippen molar-refractivity contribution < 1.29 is 23.7 Å². The number of thiazole rings is 1. The summed E-state index contributed by atoms with van der Waals surface area (Å²) in [4.78, 5) is 32.5. The number of carbonyl (C=O) groups is 1. The van der Waals surface area contributed by atoms with E-state index in [-0.39, 0.29) is 17.7 Å². The number of fused-ring (bicyclic) bond motifs is 1. The summed E-state index contributed by atoms with van der Waals surface area (Å²) >= 11 is 17.0. The molecule has 2 heterocycles. The molecule has 5 rings (SSSR count). The van der Waals surface area contributed by atoms with Crippen molar-refractivity contribution in [2.45, 2.75) is 33.4 Å². The van der Waals surface area contributed by atoms with Gasteiger partial charge in [-0.2, -0.15) is 0 Å². The Labute approximate surface area is 282 Å². The molecule has 234 valence electrons. The first kappa shape index (κ1) is 32.8. The number of carbonyl (C=O) groups excluding carboxylic acids is 1. The zero-order valence-corrected chi connectivity index (χ0v) is 28.8. The number of esters is 1. The van der Waals surface area contributed by atoms with Crippen molar-refractivity contribution in [3.8, 4) is 17.2 Å². The van der Waals surface area contributed by atoms with Crippen molar-refractivity contribution in [3.63, 3.8) is 0 Å². The Morgan fingerprint density at radius 1 is 1.04 bits per heavy atom. The molecule has 0 aliphatic carbocycles. The van der Waals surface area contributed by atoms with Gasteiger partial charge in [0.1, 0.15) is 12.4 Å². The van der Waals surface area contributed by atoms with E-state index >= 15 is 0 Å². The van der Waals surface area contributed by atoms with Crippen LogP contribution in [0.3, 0.4) is 0 Å². The van der Waals surface area contributed by atoms with E-state index in [1.807, 2.05) is 37.3 Å². The maximum absolute atomic E-state index is 14.1. The van der Waals surface area contributed by atoms with Crippen LogP contribution in [0.1, 0.15) is 43.5 Å². The second-order valence-corrected chi connectivity index (χ2v) is 12.5. The van der Waals surface area contributed by atoms with Gasteiger partial charge in [-0.15, -0.1) is 0 Å². The summed E-state index contributed by atoms with van der Waals surface area (Å²) in [6.45, 7) is 6.25. The normalized spacial score (nSPS) is 14.6. The first-order chi connectivity index (χ1) is 21.6. The van der Waals surface area contributed by atoms with Gasteiger partial charge in [0.05, 0.1) is 52.2 Å². The average molecular weight is 732 g/mol. The Kier molecular flexibility index (Phi) is 10.4.